The largest absolute Gasteiger partial charge is 1.00 e. The standard InChI is InChI=1S/C25H29N2O4S2.ClH/c1-4-17(13-24-26(9-11-28)20-15-18(30-2)5-7-22(20)32-24)14-25-27(10-12-29)21-16-19(31-3)6-8-23(21)33-25;/h5-8,13-16,28-29H,4,9-12H2,1-3H3;1H/q+1;/p-1. The lowest BCUT2D eigenvalue weighted by Gasteiger charge is -2.20. The van der Waals surface area contributed by atoms with E-state index in [0.29, 0.717) is 13.1 Å². The summed E-state index contributed by atoms with van der Waals surface area (Å²) in [5, 5.41) is 21.5. The van der Waals surface area contributed by atoms with Gasteiger partial charge in [-0.05, 0) is 42.3 Å². The highest BCUT2D eigenvalue weighted by Gasteiger charge is 2.26. The van der Waals surface area contributed by atoms with Crippen LogP contribution in [-0.2, 0) is 6.54 Å². The first-order valence-electron chi connectivity index (χ1n) is 10.9. The summed E-state index contributed by atoms with van der Waals surface area (Å²) < 4.78 is 14.1. The van der Waals surface area contributed by atoms with Gasteiger partial charge in [-0.2, -0.15) is 4.57 Å². The van der Waals surface area contributed by atoms with Crippen LogP contribution in [0.1, 0.15) is 18.4 Å². The number of fused-ring (bicyclic) bond motifs is 2. The number of methoxy groups -OCH3 is 2. The van der Waals surface area contributed by atoms with Crippen LogP contribution in [0.3, 0.4) is 0 Å². The van der Waals surface area contributed by atoms with Crippen LogP contribution in [0.4, 0.5) is 5.69 Å². The van der Waals surface area contributed by atoms with E-state index in [1.165, 1.54) is 5.57 Å². The lowest BCUT2D eigenvalue weighted by Crippen LogP contribution is -3.00. The highest BCUT2D eigenvalue weighted by atomic mass is 35.5. The molecule has 2 N–H and O–H groups in total. The van der Waals surface area contributed by atoms with Crippen molar-refractivity contribution in [2.75, 3.05) is 38.9 Å². The zero-order valence-corrected chi connectivity index (χ0v) is 21.8. The van der Waals surface area contributed by atoms with Gasteiger partial charge < -0.3 is 37.0 Å². The van der Waals surface area contributed by atoms with E-state index in [9.17, 15) is 10.2 Å². The Labute approximate surface area is 214 Å². The number of nitrogens with zero attached hydrogens (tertiary/aromatic N) is 2. The number of thioether (sulfide) groups is 1. The molecule has 0 saturated heterocycles. The molecule has 0 unspecified atom stereocenters. The maximum Gasteiger partial charge on any atom is 0.263 e. The molecule has 1 aromatic heterocycles. The van der Waals surface area contributed by atoms with Crippen molar-refractivity contribution in [1.29, 1.82) is 0 Å². The molecule has 0 fully saturated rings. The molecular weight excluding hydrogens is 492 g/mol. The second-order valence-electron chi connectivity index (χ2n) is 7.52. The molecular formula is C25H29ClN2O4S2. The summed E-state index contributed by atoms with van der Waals surface area (Å²) in [6, 6.07) is 12.1. The number of allylic oxidation sites excluding steroid dienone is 2. The Morgan fingerprint density at radius 2 is 1.79 bits per heavy atom. The lowest BCUT2D eigenvalue weighted by molar-refractivity contribution is -0.670. The highest BCUT2D eigenvalue weighted by Crippen LogP contribution is 2.47. The number of benzene rings is 2. The predicted molar refractivity (Wildman–Crippen MR) is 135 cm³/mol. The van der Waals surface area contributed by atoms with E-state index >= 15 is 0 Å². The smallest absolute Gasteiger partial charge is 0.263 e. The van der Waals surface area contributed by atoms with Crippen LogP contribution >= 0.6 is 23.1 Å². The van der Waals surface area contributed by atoms with Gasteiger partial charge in [0.15, 0.2) is 6.54 Å². The average molecular weight is 521 g/mol. The van der Waals surface area contributed by atoms with Crippen LogP contribution in [0.5, 0.6) is 11.5 Å². The summed E-state index contributed by atoms with van der Waals surface area (Å²) in [7, 11) is 3.33. The molecule has 0 atom stereocenters. The van der Waals surface area contributed by atoms with Gasteiger partial charge in [-0.25, -0.2) is 0 Å². The molecule has 3 aromatic rings. The van der Waals surface area contributed by atoms with Gasteiger partial charge in [-0.3, -0.25) is 0 Å². The molecule has 34 heavy (non-hydrogen) atoms. The molecule has 2 aromatic carbocycles. The van der Waals surface area contributed by atoms with Crippen LogP contribution in [0.2, 0.25) is 0 Å². The Bertz CT molecular complexity index is 1210. The first-order chi connectivity index (χ1) is 16.1. The third kappa shape index (κ3) is 5.37. The van der Waals surface area contributed by atoms with Crippen molar-refractivity contribution in [2.24, 2.45) is 0 Å². The van der Waals surface area contributed by atoms with E-state index in [4.69, 9.17) is 9.47 Å². The number of aliphatic hydroxyl groups excluding tert-OH is 2. The molecule has 0 aliphatic carbocycles. The fraction of sp³-hybridized carbons (Fsp3) is 0.320. The summed E-state index contributed by atoms with van der Waals surface area (Å²) in [5.41, 5.74) is 3.28. The topological polar surface area (TPSA) is 66.0 Å². The number of rotatable bonds is 9. The van der Waals surface area contributed by atoms with Crippen molar-refractivity contribution in [3.05, 3.63) is 58.1 Å². The molecule has 6 nitrogen and oxygen atoms in total. The average Bonchev–Trinajstić information content (AvgIpc) is 3.35. The molecule has 2 heterocycles. The van der Waals surface area contributed by atoms with E-state index in [0.717, 1.165) is 48.8 Å². The molecule has 0 radical (unpaired) electrons. The van der Waals surface area contributed by atoms with Crippen LogP contribution < -0.4 is 31.3 Å². The maximum absolute atomic E-state index is 9.68. The van der Waals surface area contributed by atoms with Gasteiger partial charge >= 0.3 is 0 Å². The van der Waals surface area contributed by atoms with E-state index < -0.39 is 0 Å². The molecule has 9 heteroatoms. The van der Waals surface area contributed by atoms with Gasteiger partial charge in [0.1, 0.15) is 22.8 Å². The summed E-state index contributed by atoms with van der Waals surface area (Å²) in [6.07, 6.45) is 5.25. The van der Waals surface area contributed by atoms with Crippen molar-refractivity contribution in [2.45, 2.75) is 24.8 Å². The Balaban J connectivity index is 0.00000324. The maximum atomic E-state index is 9.68. The van der Waals surface area contributed by atoms with Crippen molar-refractivity contribution in [3.63, 3.8) is 0 Å². The fourth-order valence-corrected chi connectivity index (χ4v) is 6.15. The van der Waals surface area contributed by atoms with E-state index in [-0.39, 0.29) is 25.6 Å². The zero-order valence-electron chi connectivity index (χ0n) is 19.5. The molecule has 1 aliphatic heterocycles. The van der Waals surface area contributed by atoms with Crippen molar-refractivity contribution >= 4 is 45.1 Å². The summed E-state index contributed by atoms with van der Waals surface area (Å²) >= 11 is 3.40. The first-order valence-corrected chi connectivity index (χ1v) is 12.5. The Morgan fingerprint density at radius 3 is 2.47 bits per heavy atom. The Hall–Kier alpha value is -2.23. The summed E-state index contributed by atoms with van der Waals surface area (Å²) in [5.74, 6) is 1.60. The van der Waals surface area contributed by atoms with Crippen molar-refractivity contribution in [3.8, 4) is 11.5 Å². The zero-order chi connectivity index (χ0) is 23.4. The fourth-order valence-electron chi connectivity index (χ4n) is 3.85. The minimum absolute atomic E-state index is 0. The molecule has 0 saturated carbocycles. The lowest BCUT2D eigenvalue weighted by atomic mass is 10.2. The number of aromatic nitrogens is 1. The second kappa shape index (κ2) is 12.0. The van der Waals surface area contributed by atoms with Crippen LogP contribution in [0, 0.1) is 0 Å². The number of β-amino-alcohol motifs (C(OH)–C–C–N with tert-alkyl or cyclic N) is 1. The number of halogens is 1. The van der Waals surface area contributed by atoms with Crippen molar-refractivity contribution < 1.29 is 36.7 Å². The molecule has 1 aliphatic rings. The third-order valence-corrected chi connectivity index (χ3v) is 7.77. The van der Waals surface area contributed by atoms with E-state index in [2.05, 4.69) is 40.7 Å². The number of anilines is 1. The van der Waals surface area contributed by atoms with Gasteiger partial charge in [0.2, 0.25) is 5.52 Å². The molecule has 0 amide bonds. The molecule has 0 spiro atoms. The van der Waals surface area contributed by atoms with Gasteiger partial charge in [0.25, 0.3) is 5.01 Å². The van der Waals surface area contributed by atoms with Crippen LogP contribution in [0.15, 0.2) is 58.0 Å². The minimum atomic E-state index is 0. The number of thiazole rings is 1. The van der Waals surface area contributed by atoms with E-state index in [1.807, 2.05) is 24.3 Å². The van der Waals surface area contributed by atoms with Crippen LogP contribution in [0.25, 0.3) is 16.3 Å². The number of hydrogen-bond donors (Lipinski definition) is 2. The number of hydrogen-bond acceptors (Lipinski definition) is 7. The van der Waals surface area contributed by atoms with Gasteiger partial charge in [-0.15, -0.1) is 0 Å². The van der Waals surface area contributed by atoms with Crippen molar-refractivity contribution in [1.82, 2.24) is 0 Å². The monoisotopic (exact) mass is 520 g/mol. The number of aliphatic hydroxyl groups is 2. The molecule has 182 valence electrons. The van der Waals surface area contributed by atoms with Gasteiger partial charge in [0.05, 0.1) is 37.6 Å². The molecule has 4 rings (SSSR count). The predicted octanol–water partition coefficient (Wildman–Crippen LogP) is 1.44. The Morgan fingerprint density at radius 1 is 1.06 bits per heavy atom. The Kier molecular flexibility index (Phi) is 9.27. The van der Waals surface area contributed by atoms with E-state index in [1.54, 1.807) is 37.3 Å². The third-order valence-electron chi connectivity index (χ3n) is 5.55. The van der Waals surface area contributed by atoms with Gasteiger partial charge in [-0.1, -0.05) is 30.0 Å². The van der Waals surface area contributed by atoms with Gasteiger partial charge in [0, 0.05) is 23.6 Å². The quantitative estimate of drug-likeness (QED) is 0.416. The van der Waals surface area contributed by atoms with Crippen LogP contribution in [-0.4, -0.2) is 44.2 Å². The summed E-state index contributed by atoms with van der Waals surface area (Å²) in [6.45, 7) is 3.30. The summed E-state index contributed by atoms with van der Waals surface area (Å²) in [4.78, 5) is 3.29. The second-order valence-corrected chi connectivity index (χ2v) is 9.64. The number of ether oxygens (including phenoxy) is 2. The highest BCUT2D eigenvalue weighted by molar-refractivity contribution is 8.03. The minimum Gasteiger partial charge on any atom is -1.00 e. The first kappa shape index (κ1) is 26.4. The molecule has 0 bridgehead atoms. The SMILES string of the molecule is CCC(/C=C1\Sc2ccc(OC)cc2N1CCO)=C\c1sc2ccc(OC)cc2[n+]1CCO.[Cl-]. The normalized spacial score (nSPS) is 14.4.